The Morgan fingerprint density at radius 1 is 1.36 bits per heavy atom. The third kappa shape index (κ3) is 4.07. The molecule has 1 unspecified atom stereocenters. The number of nitrogens with one attached hydrogen (secondary N) is 1. The summed E-state index contributed by atoms with van der Waals surface area (Å²) < 4.78 is 5.54. The SMILES string of the molecule is CCc1nc(C)c(C(=O)NC2CCN(C(C)c3ccncc3)CC2)o1. The summed E-state index contributed by atoms with van der Waals surface area (Å²) in [6, 6.07) is 4.68. The number of likely N-dealkylation sites (tertiary alicyclic amines) is 1. The van der Waals surface area contributed by atoms with Gasteiger partial charge in [-0.05, 0) is 44.4 Å². The van der Waals surface area contributed by atoms with E-state index < -0.39 is 0 Å². The van der Waals surface area contributed by atoms with Gasteiger partial charge in [0.1, 0.15) is 0 Å². The highest BCUT2D eigenvalue weighted by atomic mass is 16.4. The molecule has 0 aliphatic carbocycles. The van der Waals surface area contributed by atoms with E-state index in [0.717, 1.165) is 25.9 Å². The lowest BCUT2D eigenvalue weighted by Gasteiger charge is -2.36. The van der Waals surface area contributed by atoms with E-state index in [1.54, 1.807) is 0 Å². The zero-order valence-electron chi connectivity index (χ0n) is 15.2. The van der Waals surface area contributed by atoms with E-state index in [9.17, 15) is 4.79 Å². The Balaban J connectivity index is 1.54. The molecule has 1 aliphatic rings. The summed E-state index contributed by atoms with van der Waals surface area (Å²) >= 11 is 0. The summed E-state index contributed by atoms with van der Waals surface area (Å²) in [6.07, 6.45) is 6.25. The van der Waals surface area contributed by atoms with E-state index in [-0.39, 0.29) is 11.9 Å². The fourth-order valence-corrected chi connectivity index (χ4v) is 3.35. The van der Waals surface area contributed by atoms with Crippen molar-refractivity contribution in [1.29, 1.82) is 0 Å². The number of aryl methyl sites for hydroxylation is 2. The van der Waals surface area contributed by atoms with Gasteiger partial charge in [0.15, 0.2) is 5.89 Å². The van der Waals surface area contributed by atoms with Gasteiger partial charge in [-0.15, -0.1) is 0 Å². The van der Waals surface area contributed by atoms with E-state index >= 15 is 0 Å². The Hall–Kier alpha value is -2.21. The van der Waals surface area contributed by atoms with Crippen LogP contribution in [0.1, 0.15) is 60.4 Å². The molecule has 0 radical (unpaired) electrons. The molecule has 0 spiro atoms. The number of hydrogen-bond donors (Lipinski definition) is 1. The van der Waals surface area contributed by atoms with Crippen molar-refractivity contribution in [3.05, 3.63) is 47.4 Å². The first-order valence-electron chi connectivity index (χ1n) is 8.99. The first kappa shape index (κ1) is 17.6. The average molecular weight is 342 g/mol. The predicted molar refractivity (Wildman–Crippen MR) is 95.3 cm³/mol. The normalized spacial score (nSPS) is 17.4. The third-order valence-electron chi connectivity index (χ3n) is 4.95. The maximum Gasteiger partial charge on any atom is 0.289 e. The molecule has 3 rings (SSSR count). The van der Waals surface area contributed by atoms with Gasteiger partial charge >= 0.3 is 0 Å². The quantitative estimate of drug-likeness (QED) is 0.904. The van der Waals surface area contributed by atoms with Crippen molar-refractivity contribution >= 4 is 5.91 Å². The predicted octanol–water partition coefficient (Wildman–Crippen LogP) is 2.90. The van der Waals surface area contributed by atoms with Gasteiger partial charge in [-0.25, -0.2) is 4.98 Å². The summed E-state index contributed by atoms with van der Waals surface area (Å²) in [7, 11) is 0. The maximum atomic E-state index is 12.4. The number of pyridine rings is 1. The molecule has 25 heavy (non-hydrogen) atoms. The van der Waals surface area contributed by atoms with Gasteiger partial charge in [0.2, 0.25) is 5.76 Å². The van der Waals surface area contributed by atoms with Crippen LogP contribution in [0.4, 0.5) is 0 Å². The molecular weight excluding hydrogens is 316 g/mol. The van der Waals surface area contributed by atoms with Crippen LogP contribution in [0.25, 0.3) is 0 Å². The molecule has 1 saturated heterocycles. The molecule has 0 saturated carbocycles. The molecule has 1 aliphatic heterocycles. The summed E-state index contributed by atoms with van der Waals surface area (Å²) in [5, 5.41) is 3.10. The Kier molecular flexibility index (Phi) is 5.48. The van der Waals surface area contributed by atoms with E-state index in [2.05, 4.69) is 39.2 Å². The summed E-state index contributed by atoms with van der Waals surface area (Å²) in [5.74, 6) is 0.818. The molecule has 1 amide bonds. The van der Waals surface area contributed by atoms with Gasteiger partial charge in [0.05, 0.1) is 5.69 Å². The molecule has 0 aromatic carbocycles. The topological polar surface area (TPSA) is 71.3 Å². The number of aromatic nitrogens is 2. The zero-order chi connectivity index (χ0) is 17.8. The Labute approximate surface area is 148 Å². The average Bonchev–Trinajstić information content (AvgIpc) is 3.03. The number of carbonyl (C=O) groups is 1. The lowest BCUT2D eigenvalue weighted by Crippen LogP contribution is -2.45. The summed E-state index contributed by atoms with van der Waals surface area (Å²) in [4.78, 5) is 23.2. The largest absolute Gasteiger partial charge is 0.435 e. The minimum absolute atomic E-state index is 0.148. The third-order valence-corrected chi connectivity index (χ3v) is 4.95. The smallest absolute Gasteiger partial charge is 0.289 e. The van der Waals surface area contributed by atoms with Gasteiger partial charge in [0.25, 0.3) is 5.91 Å². The van der Waals surface area contributed by atoms with Crippen LogP contribution >= 0.6 is 0 Å². The molecule has 0 bridgehead atoms. The highest BCUT2D eigenvalue weighted by Crippen LogP contribution is 2.24. The Morgan fingerprint density at radius 3 is 2.64 bits per heavy atom. The van der Waals surface area contributed by atoms with Crippen molar-refractivity contribution in [2.45, 2.75) is 52.1 Å². The molecule has 2 aromatic heterocycles. The first-order chi connectivity index (χ1) is 12.1. The van der Waals surface area contributed by atoms with Crippen LogP contribution in [0.15, 0.2) is 28.9 Å². The van der Waals surface area contributed by atoms with Gasteiger partial charge in [0, 0.05) is 44.0 Å². The van der Waals surface area contributed by atoms with E-state index in [1.165, 1.54) is 5.56 Å². The Morgan fingerprint density at radius 2 is 2.04 bits per heavy atom. The van der Waals surface area contributed by atoms with Crippen LogP contribution in [0.2, 0.25) is 0 Å². The van der Waals surface area contributed by atoms with Gasteiger partial charge in [-0.2, -0.15) is 0 Å². The molecular formula is C19H26N4O2. The van der Waals surface area contributed by atoms with E-state index in [1.807, 2.05) is 26.2 Å². The molecule has 1 N–H and O–H groups in total. The van der Waals surface area contributed by atoms with Crippen LogP contribution in [0.3, 0.4) is 0 Å². The minimum atomic E-state index is -0.148. The van der Waals surface area contributed by atoms with Gasteiger partial charge < -0.3 is 9.73 Å². The van der Waals surface area contributed by atoms with Crippen LogP contribution in [-0.4, -0.2) is 39.9 Å². The fourth-order valence-electron chi connectivity index (χ4n) is 3.35. The van der Waals surface area contributed by atoms with E-state index in [0.29, 0.717) is 29.8 Å². The first-order valence-corrected chi connectivity index (χ1v) is 8.99. The second kappa shape index (κ2) is 7.78. The highest BCUT2D eigenvalue weighted by molar-refractivity contribution is 5.92. The number of oxazole rings is 1. The maximum absolute atomic E-state index is 12.4. The molecule has 6 heteroatoms. The van der Waals surface area contributed by atoms with Crippen LogP contribution < -0.4 is 5.32 Å². The molecule has 3 heterocycles. The minimum Gasteiger partial charge on any atom is -0.435 e. The molecule has 2 aromatic rings. The van der Waals surface area contributed by atoms with Crippen molar-refractivity contribution in [2.75, 3.05) is 13.1 Å². The standard InChI is InChI=1S/C19H26N4O2/c1-4-17-21-13(2)18(25-17)19(24)22-16-7-11-23(12-8-16)14(3)15-5-9-20-10-6-15/h5-6,9-10,14,16H,4,7-8,11-12H2,1-3H3,(H,22,24). The van der Waals surface area contributed by atoms with Crippen LogP contribution in [0.5, 0.6) is 0 Å². The van der Waals surface area contributed by atoms with Crippen molar-refractivity contribution in [3.8, 4) is 0 Å². The fraction of sp³-hybridized carbons (Fsp3) is 0.526. The summed E-state index contributed by atoms with van der Waals surface area (Å²) in [6.45, 7) is 7.93. The van der Waals surface area contributed by atoms with Crippen LogP contribution in [0, 0.1) is 6.92 Å². The van der Waals surface area contributed by atoms with Gasteiger partial charge in [-0.3, -0.25) is 14.7 Å². The molecule has 1 fully saturated rings. The van der Waals surface area contributed by atoms with Gasteiger partial charge in [-0.1, -0.05) is 6.92 Å². The van der Waals surface area contributed by atoms with Crippen molar-refractivity contribution in [2.24, 2.45) is 0 Å². The number of amides is 1. The second-order valence-electron chi connectivity index (χ2n) is 6.62. The van der Waals surface area contributed by atoms with Crippen LogP contribution in [-0.2, 0) is 6.42 Å². The number of carbonyl (C=O) groups excluding carboxylic acids is 1. The monoisotopic (exact) mass is 342 g/mol. The number of rotatable bonds is 5. The number of hydrogen-bond acceptors (Lipinski definition) is 5. The number of piperidine rings is 1. The Bertz CT molecular complexity index is 705. The van der Waals surface area contributed by atoms with Crippen molar-refractivity contribution < 1.29 is 9.21 Å². The van der Waals surface area contributed by atoms with Crippen molar-refractivity contribution in [1.82, 2.24) is 20.2 Å². The highest BCUT2D eigenvalue weighted by Gasteiger charge is 2.26. The number of nitrogens with zero attached hydrogens (tertiary/aromatic N) is 3. The molecule has 134 valence electrons. The second-order valence-corrected chi connectivity index (χ2v) is 6.62. The molecule has 6 nitrogen and oxygen atoms in total. The van der Waals surface area contributed by atoms with Crippen molar-refractivity contribution in [3.63, 3.8) is 0 Å². The molecule has 1 atom stereocenters. The zero-order valence-corrected chi connectivity index (χ0v) is 15.2. The lowest BCUT2D eigenvalue weighted by atomic mass is 10.0. The lowest BCUT2D eigenvalue weighted by molar-refractivity contribution is 0.0866. The van der Waals surface area contributed by atoms with E-state index in [4.69, 9.17) is 4.42 Å². The summed E-state index contributed by atoms with van der Waals surface area (Å²) in [5.41, 5.74) is 1.94.